The van der Waals surface area contributed by atoms with Crippen LogP contribution in [-0.2, 0) is 4.74 Å². The molecule has 2 N–H and O–H groups in total. The maximum absolute atomic E-state index is 10.3. The zero-order valence-corrected chi connectivity index (χ0v) is 6.69. The molecule has 3 nitrogen and oxygen atoms in total. The van der Waals surface area contributed by atoms with Crippen molar-refractivity contribution >= 4 is 6.09 Å². The summed E-state index contributed by atoms with van der Waals surface area (Å²) in [5, 5.41) is 0. The van der Waals surface area contributed by atoms with Gasteiger partial charge in [-0.1, -0.05) is 30.4 Å². The smallest absolute Gasteiger partial charge is 0.404 e. The van der Waals surface area contributed by atoms with E-state index in [1.54, 1.807) is 0 Å². The Kier molecular flexibility index (Phi) is 3.14. The van der Waals surface area contributed by atoms with Crippen LogP contribution in [0.1, 0.15) is 6.42 Å². The van der Waals surface area contributed by atoms with E-state index < -0.39 is 6.09 Å². The molecule has 0 aliphatic heterocycles. The Morgan fingerprint density at radius 3 is 3.17 bits per heavy atom. The van der Waals surface area contributed by atoms with Crippen LogP contribution >= 0.6 is 0 Å². The Balaban J connectivity index is 2.45. The van der Waals surface area contributed by atoms with E-state index in [-0.39, 0.29) is 6.61 Å². The molecule has 0 fully saturated rings. The van der Waals surface area contributed by atoms with Gasteiger partial charge >= 0.3 is 6.09 Å². The summed E-state index contributed by atoms with van der Waals surface area (Å²) in [7, 11) is 0. The lowest BCUT2D eigenvalue weighted by molar-refractivity contribution is 0.167. The number of nitrogens with two attached hydrogens (primary N) is 1. The van der Waals surface area contributed by atoms with Gasteiger partial charge in [0.2, 0.25) is 0 Å². The monoisotopic (exact) mass is 165 g/mol. The number of carbonyl (C=O) groups excluding carboxylic acids is 1. The molecular weight excluding hydrogens is 154 g/mol. The van der Waals surface area contributed by atoms with Crippen molar-refractivity contribution in [2.45, 2.75) is 6.42 Å². The molecule has 1 amide bonds. The summed E-state index contributed by atoms with van der Waals surface area (Å²) >= 11 is 0. The van der Waals surface area contributed by atoms with Crippen LogP contribution in [0.4, 0.5) is 4.79 Å². The van der Waals surface area contributed by atoms with Gasteiger partial charge in [-0.25, -0.2) is 4.79 Å². The second kappa shape index (κ2) is 4.38. The number of primary amides is 1. The van der Waals surface area contributed by atoms with Crippen molar-refractivity contribution in [1.29, 1.82) is 0 Å². The summed E-state index contributed by atoms with van der Waals surface area (Å²) in [6.07, 6.45) is 9.94. The van der Waals surface area contributed by atoms with Crippen molar-refractivity contribution in [1.82, 2.24) is 0 Å². The average molecular weight is 165 g/mol. The van der Waals surface area contributed by atoms with Gasteiger partial charge in [0.15, 0.2) is 0 Å². The number of hydrogen-bond acceptors (Lipinski definition) is 2. The molecule has 0 bridgehead atoms. The van der Waals surface area contributed by atoms with Crippen LogP contribution < -0.4 is 5.73 Å². The van der Waals surface area contributed by atoms with Gasteiger partial charge in [-0.15, -0.1) is 0 Å². The third kappa shape index (κ3) is 3.05. The molecule has 0 radical (unpaired) electrons. The summed E-state index contributed by atoms with van der Waals surface area (Å²) in [6.45, 7) is 0.246. The minimum atomic E-state index is -0.738. The summed E-state index contributed by atoms with van der Waals surface area (Å²) in [5.74, 6) is 0. The quantitative estimate of drug-likeness (QED) is 0.674. The SMILES string of the molecule is NC(=O)OCC1=CC=CCC=C1. The van der Waals surface area contributed by atoms with Gasteiger partial charge in [-0.2, -0.15) is 0 Å². The summed E-state index contributed by atoms with van der Waals surface area (Å²) < 4.78 is 4.62. The van der Waals surface area contributed by atoms with Crippen LogP contribution in [0, 0.1) is 0 Å². The second-order valence-electron chi connectivity index (χ2n) is 2.42. The molecule has 0 saturated carbocycles. The molecule has 3 heteroatoms. The van der Waals surface area contributed by atoms with Gasteiger partial charge in [0.05, 0.1) is 0 Å². The molecule has 0 saturated heterocycles. The van der Waals surface area contributed by atoms with E-state index in [4.69, 9.17) is 5.73 Å². The molecule has 1 rings (SSSR count). The number of hydrogen-bond donors (Lipinski definition) is 1. The van der Waals surface area contributed by atoms with Crippen LogP contribution in [0.15, 0.2) is 36.0 Å². The molecule has 0 aromatic carbocycles. The van der Waals surface area contributed by atoms with Gasteiger partial charge in [0, 0.05) is 0 Å². The Morgan fingerprint density at radius 2 is 2.42 bits per heavy atom. The van der Waals surface area contributed by atoms with Crippen molar-refractivity contribution in [2.24, 2.45) is 5.73 Å². The highest BCUT2D eigenvalue weighted by Crippen LogP contribution is 2.04. The predicted octanol–water partition coefficient (Wildman–Crippen LogP) is 1.52. The van der Waals surface area contributed by atoms with Crippen LogP contribution in [0.2, 0.25) is 0 Å². The minimum absolute atomic E-state index is 0.246. The fourth-order valence-corrected chi connectivity index (χ4v) is 0.874. The molecule has 64 valence electrons. The van der Waals surface area contributed by atoms with Crippen molar-refractivity contribution < 1.29 is 9.53 Å². The zero-order chi connectivity index (χ0) is 8.81. The van der Waals surface area contributed by atoms with Gasteiger partial charge in [0.25, 0.3) is 0 Å². The van der Waals surface area contributed by atoms with Crippen LogP contribution in [0.25, 0.3) is 0 Å². The van der Waals surface area contributed by atoms with E-state index in [2.05, 4.69) is 4.74 Å². The molecule has 0 atom stereocenters. The standard InChI is InChI=1S/C9H11NO2/c10-9(11)12-7-8-5-3-1-2-4-6-8/h1,3-6H,2,7H2,(H2,10,11). The lowest BCUT2D eigenvalue weighted by Gasteiger charge is -2.00. The molecule has 1 aliphatic carbocycles. The molecule has 0 aromatic heterocycles. The van der Waals surface area contributed by atoms with Crippen LogP contribution in [-0.4, -0.2) is 12.7 Å². The van der Waals surface area contributed by atoms with Crippen molar-refractivity contribution in [3.8, 4) is 0 Å². The molecule has 1 aliphatic rings. The first-order valence-corrected chi connectivity index (χ1v) is 3.73. The van der Waals surface area contributed by atoms with Gasteiger partial charge < -0.3 is 10.5 Å². The highest BCUT2D eigenvalue weighted by atomic mass is 16.5. The highest BCUT2D eigenvalue weighted by Gasteiger charge is 1.96. The normalized spacial score (nSPS) is 15.2. The zero-order valence-electron chi connectivity index (χ0n) is 6.69. The Morgan fingerprint density at radius 1 is 1.58 bits per heavy atom. The lowest BCUT2D eigenvalue weighted by atomic mass is 10.2. The number of carbonyl (C=O) groups is 1. The number of amides is 1. The third-order valence-electron chi connectivity index (χ3n) is 1.43. The summed E-state index contributed by atoms with van der Waals surface area (Å²) in [6, 6.07) is 0. The topological polar surface area (TPSA) is 52.3 Å². The first kappa shape index (κ1) is 8.59. The maximum Gasteiger partial charge on any atom is 0.404 e. The lowest BCUT2D eigenvalue weighted by Crippen LogP contribution is -2.14. The van der Waals surface area contributed by atoms with Crippen molar-refractivity contribution in [3.05, 3.63) is 36.0 Å². The maximum atomic E-state index is 10.3. The molecule has 0 heterocycles. The second-order valence-corrected chi connectivity index (χ2v) is 2.42. The summed E-state index contributed by atoms with van der Waals surface area (Å²) in [5.41, 5.74) is 5.77. The van der Waals surface area contributed by atoms with E-state index in [0.29, 0.717) is 0 Å². The molecule has 0 spiro atoms. The summed E-state index contributed by atoms with van der Waals surface area (Å²) in [4.78, 5) is 10.3. The van der Waals surface area contributed by atoms with Gasteiger partial charge in [-0.05, 0) is 12.0 Å². The molecular formula is C9H11NO2. The average Bonchev–Trinajstić information content (AvgIpc) is 2.28. The number of ether oxygens (including phenoxy) is 1. The Bertz CT molecular complexity index is 251. The third-order valence-corrected chi connectivity index (χ3v) is 1.43. The largest absolute Gasteiger partial charge is 0.445 e. The molecule has 12 heavy (non-hydrogen) atoms. The van der Waals surface area contributed by atoms with E-state index in [0.717, 1.165) is 12.0 Å². The Labute approximate surface area is 71.2 Å². The van der Waals surface area contributed by atoms with Crippen molar-refractivity contribution in [3.63, 3.8) is 0 Å². The predicted molar refractivity (Wildman–Crippen MR) is 46.5 cm³/mol. The molecule has 0 aromatic rings. The molecule has 0 unspecified atom stereocenters. The number of allylic oxidation sites excluding steroid dienone is 4. The van der Waals surface area contributed by atoms with Crippen LogP contribution in [0.5, 0.6) is 0 Å². The van der Waals surface area contributed by atoms with E-state index in [1.165, 1.54) is 0 Å². The van der Waals surface area contributed by atoms with Gasteiger partial charge in [0.1, 0.15) is 6.61 Å². The Hall–Kier alpha value is -1.51. The van der Waals surface area contributed by atoms with Gasteiger partial charge in [-0.3, -0.25) is 0 Å². The van der Waals surface area contributed by atoms with E-state index >= 15 is 0 Å². The first-order valence-electron chi connectivity index (χ1n) is 3.73. The number of rotatable bonds is 2. The first-order chi connectivity index (χ1) is 5.79. The van der Waals surface area contributed by atoms with E-state index in [1.807, 2.05) is 30.4 Å². The van der Waals surface area contributed by atoms with E-state index in [9.17, 15) is 4.79 Å². The fourth-order valence-electron chi connectivity index (χ4n) is 0.874. The van der Waals surface area contributed by atoms with Crippen LogP contribution in [0.3, 0.4) is 0 Å². The minimum Gasteiger partial charge on any atom is -0.445 e. The highest BCUT2D eigenvalue weighted by molar-refractivity contribution is 5.64. The van der Waals surface area contributed by atoms with Crippen molar-refractivity contribution in [2.75, 3.05) is 6.61 Å². The fraction of sp³-hybridized carbons (Fsp3) is 0.222.